The summed E-state index contributed by atoms with van der Waals surface area (Å²) >= 11 is 0. The highest BCUT2D eigenvalue weighted by Gasteiger charge is 2.31. The van der Waals surface area contributed by atoms with E-state index in [1.165, 1.54) is 13.2 Å². The zero-order chi connectivity index (χ0) is 10.8. The Hall–Kier alpha value is -1.71. The van der Waals surface area contributed by atoms with Crippen LogP contribution < -0.4 is 9.47 Å². The Morgan fingerprint density at radius 3 is 2.73 bits per heavy atom. The lowest BCUT2D eigenvalue weighted by Gasteiger charge is -2.06. The van der Waals surface area contributed by atoms with E-state index in [9.17, 15) is 9.90 Å². The molecule has 4 nitrogen and oxygen atoms in total. The molecule has 1 N–H and O–H groups in total. The molecule has 0 atom stereocenters. The number of benzene rings is 1. The van der Waals surface area contributed by atoms with E-state index in [4.69, 9.17) is 9.47 Å². The summed E-state index contributed by atoms with van der Waals surface area (Å²) in [4.78, 5) is 11.3. The van der Waals surface area contributed by atoms with Crippen LogP contribution >= 0.6 is 0 Å². The first-order chi connectivity index (χ1) is 7.20. The minimum absolute atomic E-state index is 0.0291. The number of hydrogen-bond donors (Lipinski definition) is 1. The molecule has 0 bridgehead atoms. The largest absolute Gasteiger partial charge is 0.504 e. The average Bonchev–Trinajstić information content (AvgIpc) is 3.01. The summed E-state index contributed by atoms with van der Waals surface area (Å²) in [6.45, 7) is 0. The molecule has 0 radical (unpaired) electrons. The smallest absolute Gasteiger partial charge is 0.314 e. The molecular weight excluding hydrogens is 196 g/mol. The van der Waals surface area contributed by atoms with Crippen molar-refractivity contribution in [2.24, 2.45) is 5.92 Å². The van der Waals surface area contributed by atoms with E-state index >= 15 is 0 Å². The molecule has 1 fully saturated rings. The predicted octanol–water partition coefficient (Wildman–Crippen LogP) is 1.72. The molecule has 1 aliphatic rings. The number of phenols is 1. The first kappa shape index (κ1) is 9.83. The van der Waals surface area contributed by atoms with E-state index in [-0.39, 0.29) is 17.6 Å². The van der Waals surface area contributed by atoms with Crippen LogP contribution in [0.2, 0.25) is 0 Å². The van der Waals surface area contributed by atoms with Crippen molar-refractivity contribution in [3.63, 3.8) is 0 Å². The Labute approximate surface area is 87.4 Å². The highest BCUT2D eigenvalue weighted by molar-refractivity contribution is 5.77. The van der Waals surface area contributed by atoms with Gasteiger partial charge in [-0.15, -0.1) is 0 Å². The van der Waals surface area contributed by atoms with Gasteiger partial charge in [0.15, 0.2) is 11.5 Å². The molecular formula is C11H12O4. The van der Waals surface area contributed by atoms with Crippen LogP contribution in [0.3, 0.4) is 0 Å². The summed E-state index contributed by atoms with van der Waals surface area (Å²) in [5, 5.41) is 9.44. The van der Waals surface area contributed by atoms with E-state index in [1.54, 1.807) is 12.1 Å². The number of phenolic OH excluding ortho intramolecular Hbond substituents is 1. The molecule has 1 saturated carbocycles. The zero-order valence-corrected chi connectivity index (χ0v) is 8.40. The van der Waals surface area contributed by atoms with Crippen molar-refractivity contribution in [1.82, 2.24) is 0 Å². The molecule has 0 aromatic heterocycles. The summed E-state index contributed by atoms with van der Waals surface area (Å²) in [6, 6.07) is 4.53. The van der Waals surface area contributed by atoms with Crippen LogP contribution in [-0.2, 0) is 4.79 Å². The van der Waals surface area contributed by atoms with Crippen LogP contribution in [0, 0.1) is 5.92 Å². The van der Waals surface area contributed by atoms with Gasteiger partial charge >= 0.3 is 5.97 Å². The second-order valence-electron chi connectivity index (χ2n) is 3.53. The van der Waals surface area contributed by atoms with Crippen molar-refractivity contribution in [3.05, 3.63) is 18.2 Å². The van der Waals surface area contributed by atoms with Crippen LogP contribution in [-0.4, -0.2) is 18.2 Å². The fourth-order valence-corrected chi connectivity index (χ4v) is 1.25. The Bertz CT molecular complexity index is 382. The van der Waals surface area contributed by atoms with E-state index in [1.807, 2.05) is 0 Å². The number of aromatic hydroxyl groups is 1. The van der Waals surface area contributed by atoms with Gasteiger partial charge in [0.1, 0.15) is 5.75 Å². The molecule has 15 heavy (non-hydrogen) atoms. The third-order valence-corrected chi connectivity index (χ3v) is 2.28. The highest BCUT2D eigenvalue weighted by Crippen LogP contribution is 2.33. The van der Waals surface area contributed by atoms with Gasteiger partial charge in [-0.1, -0.05) is 0 Å². The summed E-state index contributed by atoms with van der Waals surface area (Å²) in [5.74, 6) is 0.513. The fourth-order valence-electron chi connectivity index (χ4n) is 1.25. The fraction of sp³-hybridized carbons (Fsp3) is 0.364. The monoisotopic (exact) mass is 208 g/mol. The van der Waals surface area contributed by atoms with E-state index in [0.717, 1.165) is 12.8 Å². The van der Waals surface area contributed by atoms with Crippen molar-refractivity contribution in [3.8, 4) is 17.2 Å². The van der Waals surface area contributed by atoms with Gasteiger partial charge in [-0.2, -0.15) is 0 Å². The number of carbonyl (C=O) groups is 1. The Balaban J connectivity index is 2.08. The van der Waals surface area contributed by atoms with E-state index in [0.29, 0.717) is 11.5 Å². The van der Waals surface area contributed by atoms with E-state index < -0.39 is 0 Å². The van der Waals surface area contributed by atoms with Crippen LogP contribution in [0.4, 0.5) is 0 Å². The molecule has 0 aliphatic heterocycles. The minimum Gasteiger partial charge on any atom is -0.504 e. The maximum absolute atomic E-state index is 11.3. The van der Waals surface area contributed by atoms with Crippen molar-refractivity contribution >= 4 is 5.97 Å². The first-order valence-corrected chi connectivity index (χ1v) is 4.79. The number of esters is 1. The lowest BCUT2D eigenvalue weighted by atomic mass is 10.3. The van der Waals surface area contributed by atoms with Gasteiger partial charge in [0.2, 0.25) is 0 Å². The maximum atomic E-state index is 11.3. The molecule has 2 rings (SSSR count). The quantitative estimate of drug-likeness (QED) is 0.607. The molecule has 0 heterocycles. The third-order valence-electron chi connectivity index (χ3n) is 2.28. The predicted molar refractivity (Wildman–Crippen MR) is 53.0 cm³/mol. The van der Waals surface area contributed by atoms with Crippen molar-refractivity contribution in [1.29, 1.82) is 0 Å². The van der Waals surface area contributed by atoms with Crippen molar-refractivity contribution in [2.75, 3.05) is 7.11 Å². The molecule has 1 aromatic carbocycles. The maximum Gasteiger partial charge on any atom is 0.314 e. The average molecular weight is 208 g/mol. The normalized spacial score (nSPS) is 14.7. The summed E-state index contributed by atoms with van der Waals surface area (Å²) in [6.07, 6.45) is 1.81. The number of carbonyl (C=O) groups excluding carboxylic acids is 1. The molecule has 0 spiro atoms. The molecule has 4 heteroatoms. The van der Waals surface area contributed by atoms with Crippen molar-refractivity contribution in [2.45, 2.75) is 12.8 Å². The third kappa shape index (κ3) is 2.21. The zero-order valence-electron chi connectivity index (χ0n) is 8.40. The van der Waals surface area contributed by atoms with Gasteiger partial charge in [-0.25, -0.2) is 0 Å². The van der Waals surface area contributed by atoms with Gasteiger partial charge in [0.05, 0.1) is 13.0 Å². The second kappa shape index (κ2) is 3.81. The molecule has 1 aliphatic carbocycles. The SMILES string of the molecule is COc1ccc(OC(=O)C2CC2)cc1O. The van der Waals surface area contributed by atoms with Crippen LogP contribution in [0.1, 0.15) is 12.8 Å². The van der Waals surface area contributed by atoms with Crippen LogP contribution in [0.5, 0.6) is 17.2 Å². The highest BCUT2D eigenvalue weighted by atomic mass is 16.5. The Kier molecular flexibility index (Phi) is 2.49. The lowest BCUT2D eigenvalue weighted by molar-refractivity contribution is -0.135. The van der Waals surface area contributed by atoms with Gasteiger partial charge in [0, 0.05) is 6.07 Å². The lowest BCUT2D eigenvalue weighted by Crippen LogP contribution is -2.09. The standard InChI is InChI=1S/C11H12O4/c1-14-10-5-4-8(6-9(10)12)15-11(13)7-2-3-7/h4-7,12H,2-3H2,1H3. The number of rotatable bonds is 3. The summed E-state index contributed by atoms with van der Waals surface area (Å²) in [7, 11) is 1.46. The van der Waals surface area contributed by atoms with Gasteiger partial charge in [-0.05, 0) is 25.0 Å². The first-order valence-electron chi connectivity index (χ1n) is 4.79. The molecule has 0 unspecified atom stereocenters. The number of hydrogen-bond acceptors (Lipinski definition) is 4. The van der Waals surface area contributed by atoms with Crippen LogP contribution in [0.15, 0.2) is 18.2 Å². The number of methoxy groups -OCH3 is 1. The second-order valence-corrected chi connectivity index (χ2v) is 3.53. The van der Waals surface area contributed by atoms with Gasteiger partial charge in [0.25, 0.3) is 0 Å². The van der Waals surface area contributed by atoms with Crippen molar-refractivity contribution < 1.29 is 19.4 Å². The topological polar surface area (TPSA) is 55.8 Å². The molecule has 1 aromatic rings. The summed E-state index contributed by atoms with van der Waals surface area (Å²) < 4.78 is 9.94. The Morgan fingerprint density at radius 2 is 2.20 bits per heavy atom. The Morgan fingerprint density at radius 1 is 1.47 bits per heavy atom. The van der Waals surface area contributed by atoms with Crippen LogP contribution in [0.25, 0.3) is 0 Å². The minimum atomic E-state index is -0.223. The molecule has 80 valence electrons. The summed E-state index contributed by atoms with van der Waals surface area (Å²) in [5.41, 5.74) is 0. The molecule has 0 saturated heterocycles. The number of ether oxygens (including phenoxy) is 2. The van der Waals surface area contributed by atoms with Gasteiger partial charge in [-0.3, -0.25) is 4.79 Å². The van der Waals surface area contributed by atoms with E-state index in [2.05, 4.69) is 0 Å². The van der Waals surface area contributed by atoms with Gasteiger partial charge < -0.3 is 14.6 Å². The molecule has 0 amide bonds.